The van der Waals surface area contributed by atoms with Crippen LogP contribution < -0.4 is 5.32 Å². The SMILES string of the molecule is Cc1c(C(=O)NCCCN2C[C@@H](C)O[C@H](C)C2)[nH]c2c1C(=O)CCC2. The molecule has 1 aliphatic carbocycles. The molecule has 2 N–H and O–H groups in total. The van der Waals surface area contributed by atoms with Gasteiger partial charge < -0.3 is 15.0 Å². The van der Waals surface area contributed by atoms with Gasteiger partial charge in [0.2, 0.25) is 0 Å². The highest BCUT2D eigenvalue weighted by molar-refractivity contribution is 6.04. The van der Waals surface area contributed by atoms with Crippen molar-refractivity contribution in [2.75, 3.05) is 26.2 Å². The van der Waals surface area contributed by atoms with Crippen molar-refractivity contribution in [3.63, 3.8) is 0 Å². The van der Waals surface area contributed by atoms with Gasteiger partial charge in [-0.1, -0.05) is 0 Å². The van der Waals surface area contributed by atoms with Crippen molar-refractivity contribution in [1.29, 1.82) is 0 Å². The van der Waals surface area contributed by atoms with Gasteiger partial charge in [-0.3, -0.25) is 14.5 Å². The molecule has 1 aromatic rings. The largest absolute Gasteiger partial charge is 0.373 e. The number of aryl methyl sites for hydroxylation is 1. The third-order valence-electron chi connectivity index (χ3n) is 5.10. The average Bonchev–Trinajstić information content (AvgIpc) is 2.89. The van der Waals surface area contributed by atoms with Crippen molar-refractivity contribution in [2.45, 2.75) is 58.7 Å². The number of hydrogen-bond acceptors (Lipinski definition) is 4. The molecule has 138 valence electrons. The first-order valence-corrected chi connectivity index (χ1v) is 9.36. The second-order valence-corrected chi connectivity index (χ2v) is 7.38. The Morgan fingerprint density at radius 2 is 2.00 bits per heavy atom. The summed E-state index contributed by atoms with van der Waals surface area (Å²) >= 11 is 0. The van der Waals surface area contributed by atoms with Crippen LogP contribution in [0.25, 0.3) is 0 Å². The van der Waals surface area contributed by atoms with Gasteiger partial charge in [-0.25, -0.2) is 0 Å². The molecule has 3 rings (SSSR count). The highest BCUT2D eigenvalue weighted by atomic mass is 16.5. The second kappa shape index (κ2) is 7.70. The van der Waals surface area contributed by atoms with Gasteiger partial charge in [0.1, 0.15) is 5.69 Å². The Kier molecular flexibility index (Phi) is 5.59. The maximum Gasteiger partial charge on any atom is 0.268 e. The molecule has 1 aromatic heterocycles. The van der Waals surface area contributed by atoms with Gasteiger partial charge in [0.25, 0.3) is 5.91 Å². The van der Waals surface area contributed by atoms with Crippen molar-refractivity contribution in [3.05, 3.63) is 22.5 Å². The third-order valence-corrected chi connectivity index (χ3v) is 5.10. The number of morpholine rings is 1. The second-order valence-electron chi connectivity index (χ2n) is 7.38. The topological polar surface area (TPSA) is 74.4 Å². The summed E-state index contributed by atoms with van der Waals surface area (Å²) in [5.74, 6) is 0.0491. The number of aromatic amines is 1. The number of amides is 1. The number of aromatic nitrogens is 1. The Hall–Kier alpha value is -1.66. The molecule has 0 aromatic carbocycles. The molecule has 2 atom stereocenters. The lowest BCUT2D eigenvalue weighted by Crippen LogP contribution is -2.46. The first-order chi connectivity index (χ1) is 12.0. The van der Waals surface area contributed by atoms with E-state index in [1.165, 1.54) is 0 Å². The summed E-state index contributed by atoms with van der Waals surface area (Å²) in [6.45, 7) is 9.55. The van der Waals surface area contributed by atoms with Crippen LogP contribution in [0.2, 0.25) is 0 Å². The van der Waals surface area contributed by atoms with Crippen LogP contribution in [0, 0.1) is 6.92 Å². The van der Waals surface area contributed by atoms with Gasteiger partial charge in [0.15, 0.2) is 5.78 Å². The molecule has 25 heavy (non-hydrogen) atoms. The fourth-order valence-corrected chi connectivity index (χ4v) is 4.06. The smallest absolute Gasteiger partial charge is 0.268 e. The third kappa shape index (κ3) is 4.12. The fraction of sp³-hybridized carbons (Fsp3) is 0.684. The maximum absolute atomic E-state index is 12.5. The normalized spacial score (nSPS) is 24.2. The standard InChI is InChI=1S/C19H29N3O3/c1-12-10-22(11-13(2)25-12)9-5-8-20-19(24)18-14(3)17-15(21-18)6-4-7-16(17)23/h12-13,21H,4-11H2,1-3H3,(H,20,24)/t12-,13-/m1/s1. The number of hydrogen-bond donors (Lipinski definition) is 2. The molecule has 0 unspecified atom stereocenters. The molecule has 2 aliphatic rings. The molecule has 0 saturated carbocycles. The number of ketones is 1. The predicted octanol–water partition coefficient (Wildman–Crippen LogP) is 2.07. The molecular formula is C19H29N3O3. The number of carbonyl (C=O) groups excluding carboxylic acids is 2. The van der Waals surface area contributed by atoms with Crippen LogP contribution in [0.1, 0.15) is 65.2 Å². The van der Waals surface area contributed by atoms with Crippen LogP contribution in [0.4, 0.5) is 0 Å². The minimum Gasteiger partial charge on any atom is -0.373 e. The monoisotopic (exact) mass is 347 g/mol. The number of carbonyl (C=O) groups is 2. The van der Waals surface area contributed by atoms with E-state index in [1.807, 2.05) is 6.92 Å². The van der Waals surface area contributed by atoms with Gasteiger partial charge in [0, 0.05) is 43.9 Å². The Morgan fingerprint density at radius 3 is 2.68 bits per heavy atom. The zero-order valence-corrected chi connectivity index (χ0v) is 15.5. The van der Waals surface area contributed by atoms with E-state index in [-0.39, 0.29) is 23.9 Å². The van der Waals surface area contributed by atoms with Crippen LogP contribution in [-0.2, 0) is 11.2 Å². The lowest BCUT2D eigenvalue weighted by Gasteiger charge is -2.35. The maximum atomic E-state index is 12.5. The van der Waals surface area contributed by atoms with Gasteiger partial charge >= 0.3 is 0 Å². The highest BCUT2D eigenvalue weighted by Gasteiger charge is 2.26. The van der Waals surface area contributed by atoms with E-state index >= 15 is 0 Å². The predicted molar refractivity (Wildman–Crippen MR) is 96.2 cm³/mol. The molecule has 0 spiro atoms. The lowest BCUT2D eigenvalue weighted by molar-refractivity contribution is -0.0680. The number of Topliss-reactive ketones (excluding diaryl/α,β-unsaturated/α-hetero) is 1. The highest BCUT2D eigenvalue weighted by Crippen LogP contribution is 2.26. The van der Waals surface area contributed by atoms with Crippen LogP contribution in [0.15, 0.2) is 0 Å². The Morgan fingerprint density at radius 1 is 1.28 bits per heavy atom. The summed E-state index contributed by atoms with van der Waals surface area (Å²) in [7, 11) is 0. The molecule has 1 fully saturated rings. The van der Waals surface area contributed by atoms with Crippen LogP contribution in [0.3, 0.4) is 0 Å². The number of rotatable bonds is 5. The Balaban J connectivity index is 1.49. The van der Waals surface area contributed by atoms with Gasteiger partial charge in [0.05, 0.1) is 12.2 Å². The number of nitrogens with zero attached hydrogens (tertiary/aromatic N) is 1. The van der Waals surface area contributed by atoms with E-state index in [2.05, 4.69) is 29.0 Å². The number of fused-ring (bicyclic) bond motifs is 1. The van der Waals surface area contributed by atoms with Crippen molar-refractivity contribution >= 4 is 11.7 Å². The zero-order valence-electron chi connectivity index (χ0n) is 15.5. The summed E-state index contributed by atoms with van der Waals surface area (Å²) < 4.78 is 5.74. The molecule has 0 bridgehead atoms. The quantitative estimate of drug-likeness (QED) is 0.800. The van der Waals surface area contributed by atoms with E-state index < -0.39 is 0 Å². The molecular weight excluding hydrogens is 318 g/mol. The van der Waals surface area contributed by atoms with Crippen molar-refractivity contribution in [2.24, 2.45) is 0 Å². The molecule has 0 radical (unpaired) electrons. The summed E-state index contributed by atoms with van der Waals surface area (Å²) in [6, 6.07) is 0. The zero-order chi connectivity index (χ0) is 18.0. The van der Waals surface area contributed by atoms with Crippen LogP contribution in [-0.4, -0.2) is 60.0 Å². The molecule has 6 nitrogen and oxygen atoms in total. The first-order valence-electron chi connectivity index (χ1n) is 9.36. The van der Waals surface area contributed by atoms with Gasteiger partial charge in [-0.05, 0) is 45.6 Å². The number of H-pyrrole nitrogens is 1. The number of nitrogens with one attached hydrogen (secondary N) is 2. The summed E-state index contributed by atoms with van der Waals surface area (Å²) in [6.07, 6.45) is 3.74. The van der Waals surface area contributed by atoms with E-state index in [1.54, 1.807) is 0 Å². The van der Waals surface area contributed by atoms with E-state index in [4.69, 9.17) is 4.74 Å². The number of ether oxygens (including phenoxy) is 1. The summed E-state index contributed by atoms with van der Waals surface area (Å²) in [5, 5.41) is 2.99. The molecule has 6 heteroatoms. The van der Waals surface area contributed by atoms with Crippen molar-refractivity contribution < 1.29 is 14.3 Å². The lowest BCUT2D eigenvalue weighted by atomic mass is 9.94. The van der Waals surface area contributed by atoms with E-state index in [0.717, 1.165) is 55.7 Å². The van der Waals surface area contributed by atoms with E-state index in [9.17, 15) is 9.59 Å². The fourth-order valence-electron chi connectivity index (χ4n) is 4.06. The average molecular weight is 347 g/mol. The van der Waals surface area contributed by atoms with E-state index in [0.29, 0.717) is 18.7 Å². The Labute approximate surface area is 149 Å². The summed E-state index contributed by atoms with van der Waals surface area (Å²) in [5.41, 5.74) is 3.02. The van der Waals surface area contributed by atoms with Crippen molar-refractivity contribution in [1.82, 2.24) is 15.2 Å². The molecule has 1 amide bonds. The van der Waals surface area contributed by atoms with Gasteiger partial charge in [-0.15, -0.1) is 0 Å². The van der Waals surface area contributed by atoms with Crippen LogP contribution in [0.5, 0.6) is 0 Å². The minimum absolute atomic E-state index is 0.108. The minimum atomic E-state index is -0.108. The summed E-state index contributed by atoms with van der Waals surface area (Å²) in [4.78, 5) is 30.1. The van der Waals surface area contributed by atoms with Crippen LogP contribution >= 0.6 is 0 Å². The molecule has 2 heterocycles. The first kappa shape index (κ1) is 18.1. The molecule has 1 saturated heterocycles. The Bertz CT molecular complexity index is 643. The van der Waals surface area contributed by atoms with Crippen molar-refractivity contribution in [3.8, 4) is 0 Å². The van der Waals surface area contributed by atoms with Gasteiger partial charge in [-0.2, -0.15) is 0 Å². The molecule has 1 aliphatic heterocycles.